The van der Waals surface area contributed by atoms with Crippen molar-refractivity contribution >= 4 is 64.6 Å². The maximum absolute atomic E-state index is 12.9. The minimum Gasteiger partial charge on any atom is -0.480 e. The number of amides is 4. The summed E-state index contributed by atoms with van der Waals surface area (Å²) in [5, 5.41) is 22.4. The molecule has 3 unspecified atom stereocenters. The number of hydrogen-bond donors (Lipinski definition) is 10. The lowest BCUT2D eigenvalue weighted by molar-refractivity contribution is -0.139. The van der Waals surface area contributed by atoms with Gasteiger partial charge in [0.2, 0.25) is 23.7 Å². The number of likely N-dealkylation sites (N-methyl/N-ethyl adjacent to an activating group) is 1. The zero-order valence-electron chi connectivity index (χ0n) is 27.5. The zero-order valence-corrected chi connectivity index (χ0v) is 27.5. The first-order chi connectivity index (χ1) is 24.3. The first kappa shape index (κ1) is 38.8. The maximum atomic E-state index is 12.9. The van der Waals surface area contributed by atoms with E-state index in [4.69, 9.17) is 17.2 Å². The number of anilines is 2. The Labute approximate surface area is 289 Å². The number of fused-ring (bicyclic) bond motifs is 1. The Morgan fingerprint density at radius 1 is 0.980 bits per heavy atom. The van der Waals surface area contributed by atoms with Gasteiger partial charge in [-0.1, -0.05) is 0 Å². The molecule has 3 rings (SSSR count). The molecule has 0 aliphatic heterocycles. The Morgan fingerprint density at radius 3 is 2.35 bits per heavy atom. The summed E-state index contributed by atoms with van der Waals surface area (Å²) in [5.41, 5.74) is 16.8. The van der Waals surface area contributed by atoms with Crippen molar-refractivity contribution in [1.29, 1.82) is 0 Å². The van der Waals surface area contributed by atoms with Crippen LogP contribution in [0.15, 0.2) is 40.2 Å². The van der Waals surface area contributed by atoms with Crippen molar-refractivity contribution in [2.45, 2.75) is 56.8 Å². The van der Waals surface area contributed by atoms with E-state index >= 15 is 0 Å². The number of nitrogens with two attached hydrogens (primary N) is 3. The van der Waals surface area contributed by atoms with Gasteiger partial charge in [0.15, 0.2) is 17.1 Å². The average Bonchev–Trinajstić information content (AvgIpc) is 3.09. The monoisotopic (exact) mass is 709 g/mol. The molecule has 1 aromatic carbocycles. The molecule has 0 radical (unpaired) electrons. The van der Waals surface area contributed by atoms with E-state index in [1.54, 1.807) is 12.1 Å². The molecule has 0 fully saturated rings. The predicted octanol–water partition coefficient (Wildman–Crippen LogP) is -2.77. The number of aliphatic imine (C=N–C) groups is 1. The second kappa shape index (κ2) is 18.8. The highest BCUT2D eigenvalue weighted by Gasteiger charge is 2.27. The van der Waals surface area contributed by atoms with Crippen LogP contribution in [0.4, 0.5) is 11.6 Å². The van der Waals surface area contributed by atoms with Gasteiger partial charge in [-0.15, -0.1) is 0 Å². The normalized spacial score (nSPS) is 12.4. The van der Waals surface area contributed by atoms with Gasteiger partial charge >= 0.3 is 5.97 Å². The maximum Gasteiger partial charge on any atom is 0.326 e. The largest absolute Gasteiger partial charge is 0.480 e. The van der Waals surface area contributed by atoms with Crippen LogP contribution in [-0.2, 0) is 30.5 Å². The number of carboxylic acids is 1. The topological polar surface area (TPSA) is 345 Å². The molecule has 0 spiro atoms. The van der Waals surface area contributed by atoms with Gasteiger partial charge in [-0.05, 0) is 43.5 Å². The Kier molecular flexibility index (Phi) is 14.3. The summed E-state index contributed by atoms with van der Waals surface area (Å²) in [5.74, 6) is -4.43. The summed E-state index contributed by atoms with van der Waals surface area (Å²) in [6.45, 7) is 0.374. The SMILES string of the molecule is CNC(=O)C(CCCN=C(N)N)NC(=O)C(CC=O)NC(=O)CCC(NC(=O)c1ccc(NCc2cnc3nc(N)[nH]c(=O)c3n2)cc1)C(=O)O. The first-order valence-corrected chi connectivity index (χ1v) is 15.5. The number of nitrogen functional groups attached to an aromatic ring is 1. The molecule has 3 atom stereocenters. The zero-order chi connectivity index (χ0) is 37.5. The fourth-order valence-electron chi connectivity index (χ4n) is 4.58. The van der Waals surface area contributed by atoms with Crippen LogP contribution in [0.25, 0.3) is 11.2 Å². The third-order valence-electron chi connectivity index (χ3n) is 7.18. The van der Waals surface area contributed by atoms with E-state index in [2.05, 4.69) is 51.5 Å². The number of aldehydes is 1. The molecular weight excluding hydrogens is 670 g/mol. The van der Waals surface area contributed by atoms with Crippen LogP contribution in [0.1, 0.15) is 48.2 Å². The number of aromatic nitrogens is 4. The first-order valence-electron chi connectivity index (χ1n) is 15.5. The Morgan fingerprint density at radius 2 is 1.71 bits per heavy atom. The van der Waals surface area contributed by atoms with Gasteiger partial charge in [-0.3, -0.25) is 33.9 Å². The van der Waals surface area contributed by atoms with Crippen LogP contribution in [0.2, 0.25) is 0 Å². The molecule has 2 aromatic heterocycles. The molecule has 0 aliphatic rings. The average molecular weight is 710 g/mol. The number of H-pyrrole nitrogens is 1. The molecule has 0 saturated carbocycles. The van der Waals surface area contributed by atoms with Gasteiger partial charge in [0.05, 0.1) is 18.4 Å². The van der Waals surface area contributed by atoms with Gasteiger partial charge in [-0.25, -0.2) is 14.8 Å². The summed E-state index contributed by atoms with van der Waals surface area (Å²) in [4.78, 5) is 104. The van der Waals surface area contributed by atoms with Crippen LogP contribution in [0, 0.1) is 0 Å². The van der Waals surface area contributed by atoms with Gasteiger partial charge in [0.25, 0.3) is 11.5 Å². The number of carboxylic acid groups (broad SMARTS) is 1. The lowest BCUT2D eigenvalue weighted by atomic mass is 10.1. The van der Waals surface area contributed by atoms with Crippen molar-refractivity contribution in [3.8, 4) is 0 Å². The summed E-state index contributed by atoms with van der Waals surface area (Å²) in [6, 6.07) is 2.20. The van der Waals surface area contributed by atoms with E-state index in [9.17, 15) is 38.7 Å². The summed E-state index contributed by atoms with van der Waals surface area (Å²) in [7, 11) is 1.37. The number of nitrogens with one attached hydrogen (secondary N) is 6. The Hall–Kier alpha value is -6.67. The van der Waals surface area contributed by atoms with Crippen molar-refractivity contribution < 1.29 is 33.9 Å². The number of benzene rings is 1. The highest BCUT2D eigenvalue weighted by atomic mass is 16.4. The quantitative estimate of drug-likeness (QED) is 0.0261. The Balaban J connectivity index is 1.53. The van der Waals surface area contributed by atoms with Crippen LogP contribution < -0.4 is 49.3 Å². The van der Waals surface area contributed by atoms with E-state index in [1.807, 2.05) is 0 Å². The van der Waals surface area contributed by atoms with E-state index in [-0.39, 0.29) is 54.6 Å². The molecule has 2 heterocycles. The fraction of sp³-hybridized carbons (Fsp3) is 0.367. The van der Waals surface area contributed by atoms with Crippen molar-refractivity contribution in [3.63, 3.8) is 0 Å². The minimum atomic E-state index is -1.47. The molecule has 4 amide bonds. The standard InChI is InChI=1S/C30H39N13O8/c1-34-25(47)18(3-2-11-35-29(31)32)40-26(48)19(10-12-44)39-21(45)9-8-20(28(50)51)41-24(46)15-4-6-16(7-5-15)36-13-17-14-37-23-22(38-17)27(49)43-30(33)42-23/h4-7,12,14,18-20,36H,2-3,8-11,13H2,1H3,(H,34,47)(H,39,45)(H,40,48)(H,41,46)(H,50,51)(H4,31,32,35)(H3,33,37,42,43,49). The van der Waals surface area contributed by atoms with Crippen molar-refractivity contribution in [1.82, 2.24) is 41.2 Å². The molecule has 0 aliphatic carbocycles. The molecular formula is C30H39N13O8. The van der Waals surface area contributed by atoms with Crippen LogP contribution >= 0.6 is 0 Å². The van der Waals surface area contributed by atoms with E-state index in [0.29, 0.717) is 24.1 Å². The highest BCUT2D eigenvalue weighted by Crippen LogP contribution is 2.13. The second-order valence-corrected chi connectivity index (χ2v) is 11.0. The van der Waals surface area contributed by atoms with E-state index < -0.39 is 66.1 Å². The van der Waals surface area contributed by atoms with Gasteiger partial charge < -0.3 is 53.7 Å². The lowest BCUT2D eigenvalue weighted by Gasteiger charge is -2.22. The van der Waals surface area contributed by atoms with Crippen LogP contribution in [0.5, 0.6) is 0 Å². The number of aliphatic carboxylic acids is 1. The van der Waals surface area contributed by atoms with Gasteiger partial charge in [0.1, 0.15) is 24.4 Å². The summed E-state index contributed by atoms with van der Waals surface area (Å²) < 4.78 is 0. The van der Waals surface area contributed by atoms with Gasteiger partial charge in [-0.2, -0.15) is 4.98 Å². The number of carbonyl (C=O) groups excluding carboxylic acids is 5. The molecule has 3 aromatic rings. The highest BCUT2D eigenvalue weighted by molar-refractivity contribution is 5.97. The molecule has 13 N–H and O–H groups in total. The molecule has 0 bridgehead atoms. The number of guanidine groups is 1. The number of hydrogen-bond acceptors (Lipinski definition) is 13. The second-order valence-electron chi connectivity index (χ2n) is 11.0. The molecule has 0 saturated heterocycles. The third-order valence-corrected chi connectivity index (χ3v) is 7.18. The summed E-state index contributed by atoms with van der Waals surface area (Å²) in [6.07, 6.45) is 1.15. The van der Waals surface area contributed by atoms with Crippen molar-refractivity contribution in [2.75, 3.05) is 24.6 Å². The lowest BCUT2D eigenvalue weighted by Crippen LogP contribution is -2.53. The van der Waals surface area contributed by atoms with Crippen molar-refractivity contribution in [3.05, 3.63) is 52.1 Å². The molecule has 21 heteroatoms. The molecule has 21 nitrogen and oxygen atoms in total. The smallest absolute Gasteiger partial charge is 0.326 e. The van der Waals surface area contributed by atoms with E-state index in [1.165, 1.54) is 25.4 Å². The van der Waals surface area contributed by atoms with Crippen LogP contribution in [0.3, 0.4) is 0 Å². The number of aromatic amines is 1. The predicted molar refractivity (Wildman–Crippen MR) is 183 cm³/mol. The summed E-state index contributed by atoms with van der Waals surface area (Å²) >= 11 is 0. The van der Waals surface area contributed by atoms with E-state index in [0.717, 1.165) is 0 Å². The number of rotatable bonds is 19. The Bertz CT molecular complexity index is 1830. The van der Waals surface area contributed by atoms with Crippen LogP contribution in [-0.4, -0.2) is 98.6 Å². The number of carbonyl (C=O) groups is 6. The minimum absolute atomic E-state index is 0.0201. The number of nitrogens with zero attached hydrogens (tertiary/aromatic N) is 4. The third kappa shape index (κ3) is 12.1. The van der Waals surface area contributed by atoms with Gasteiger partial charge in [0, 0.05) is 37.7 Å². The fourth-order valence-corrected chi connectivity index (χ4v) is 4.58. The van der Waals surface area contributed by atoms with Crippen molar-refractivity contribution in [2.24, 2.45) is 16.5 Å². The molecule has 51 heavy (non-hydrogen) atoms. The molecule has 272 valence electrons.